The Morgan fingerprint density at radius 3 is 2.38 bits per heavy atom. The van der Waals surface area contributed by atoms with Gasteiger partial charge in [0.1, 0.15) is 6.61 Å². The second kappa shape index (κ2) is 5.50. The number of carbonyl (C=O) groups excluding carboxylic acids is 1. The third kappa shape index (κ3) is 4.79. The zero-order chi connectivity index (χ0) is 12.0. The number of carbonyl (C=O) groups is 1. The molecule has 0 heterocycles. The molecule has 0 aliphatic rings. The Morgan fingerprint density at radius 1 is 1.19 bits per heavy atom. The first kappa shape index (κ1) is 12.5. The molecule has 0 aliphatic carbocycles. The van der Waals surface area contributed by atoms with Crippen molar-refractivity contribution in [3.63, 3.8) is 0 Å². The molecule has 88 valence electrons. The lowest BCUT2D eigenvalue weighted by atomic mass is 10.2. The summed E-state index contributed by atoms with van der Waals surface area (Å²) in [4.78, 5) is 11.2. The molecular weight excluding hydrogens is 225 g/mol. The van der Waals surface area contributed by atoms with Gasteiger partial charge in [0.25, 0.3) is 0 Å². The van der Waals surface area contributed by atoms with Gasteiger partial charge in [0.05, 0.1) is 5.56 Å². The maximum atomic E-state index is 11.6. The van der Waals surface area contributed by atoms with Crippen LogP contribution in [-0.4, -0.2) is 25.5 Å². The second-order valence-corrected chi connectivity index (χ2v) is 2.88. The van der Waals surface area contributed by atoms with Crippen molar-refractivity contribution in [2.24, 2.45) is 0 Å². The molecule has 0 unspecified atom stereocenters. The van der Waals surface area contributed by atoms with E-state index in [1.54, 1.807) is 18.2 Å². The van der Waals surface area contributed by atoms with E-state index in [1.807, 2.05) is 0 Å². The Bertz CT molecular complexity index is 335. The van der Waals surface area contributed by atoms with Crippen LogP contribution in [0, 0.1) is 0 Å². The molecule has 0 saturated heterocycles. The van der Waals surface area contributed by atoms with Gasteiger partial charge < -0.3 is 9.47 Å². The fraction of sp³-hybridized carbons (Fsp3) is 0.300. The summed E-state index contributed by atoms with van der Waals surface area (Å²) < 4.78 is 43.5. The number of halogens is 3. The number of hydrogen-bond acceptors (Lipinski definition) is 3. The molecule has 0 N–H and O–H groups in total. The lowest BCUT2D eigenvalue weighted by Gasteiger charge is -2.08. The van der Waals surface area contributed by atoms with Crippen LogP contribution in [-0.2, 0) is 9.47 Å². The predicted molar refractivity (Wildman–Crippen MR) is 48.7 cm³/mol. The van der Waals surface area contributed by atoms with Gasteiger partial charge in [0, 0.05) is 0 Å². The maximum Gasteiger partial charge on any atom is 0.411 e. The molecule has 3 nitrogen and oxygen atoms in total. The summed E-state index contributed by atoms with van der Waals surface area (Å²) in [6, 6.07) is 7.93. The molecule has 0 radical (unpaired) electrons. The quantitative estimate of drug-likeness (QED) is 0.456. The zero-order valence-corrected chi connectivity index (χ0v) is 8.16. The van der Waals surface area contributed by atoms with Gasteiger partial charge in [-0.05, 0) is 12.1 Å². The molecular formula is C10H9F3O3. The molecule has 1 aromatic rings. The highest BCUT2D eigenvalue weighted by Gasteiger charge is 2.27. The largest absolute Gasteiger partial charge is 0.435 e. The van der Waals surface area contributed by atoms with Crippen molar-refractivity contribution in [3.8, 4) is 0 Å². The lowest BCUT2D eigenvalue weighted by Crippen LogP contribution is -2.19. The minimum Gasteiger partial charge on any atom is -0.435 e. The average molecular weight is 234 g/mol. The maximum absolute atomic E-state index is 11.6. The van der Waals surface area contributed by atoms with Crippen molar-refractivity contribution in [1.29, 1.82) is 0 Å². The van der Waals surface area contributed by atoms with E-state index in [2.05, 4.69) is 9.47 Å². The van der Waals surface area contributed by atoms with Crippen LogP contribution in [0.4, 0.5) is 13.2 Å². The number of benzene rings is 1. The molecule has 0 aliphatic heterocycles. The topological polar surface area (TPSA) is 35.5 Å². The van der Waals surface area contributed by atoms with E-state index >= 15 is 0 Å². The molecule has 0 amide bonds. The van der Waals surface area contributed by atoms with E-state index in [1.165, 1.54) is 12.1 Å². The van der Waals surface area contributed by atoms with Crippen LogP contribution in [0.3, 0.4) is 0 Å². The molecule has 0 atom stereocenters. The molecule has 6 heteroatoms. The summed E-state index contributed by atoms with van der Waals surface area (Å²) in [6.07, 6.45) is -4.42. The molecule has 0 aromatic heterocycles. The molecule has 16 heavy (non-hydrogen) atoms. The van der Waals surface area contributed by atoms with Gasteiger partial charge in [-0.15, -0.1) is 0 Å². The molecule has 0 bridgehead atoms. The molecule has 0 saturated carbocycles. The number of ether oxygens (including phenoxy) is 2. The minimum absolute atomic E-state index is 0.262. The van der Waals surface area contributed by atoms with Crippen molar-refractivity contribution in [3.05, 3.63) is 35.9 Å². The van der Waals surface area contributed by atoms with Gasteiger partial charge in [-0.2, -0.15) is 13.2 Å². The van der Waals surface area contributed by atoms with Crippen molar-refractivity contribution in [2.45, 2.75) is 6.18 Å². The summed E-state index contributed by atoms with van der Waals surface area (Å²) in [5.74, 6) is -0.720. The summed E-state index contributed by atoms with van der Waals surface area (Å²) in [7, 11) is 0. The number of rotatable bonds is 4. The smallest absolute Gasteiger partial charge is 0.411 e. The number of esters is 1. The molecule has 1 aromatic carbocycles. The Hall–Kier alpha value is -1.56. The third-order valence-electron chi connectivity index (χ3n) is 1.55. The first-order valence-corrected chi connectivity index (χ1v) is 4.36. The molecule has 1 rings (SSSR count). The van der Waals surface area contributed by atoms with Crippen molar-refractivity contribution < 1.29 is 27.4 Å². The summed E-state index contributed by atoms with van der Waals surface area (Å²) in [6.45, 7) is -2.15. The number of alkyl halides is 3. The van der Waals surface area contributed by atoms with Crippen LogP contribution in [0.2, 0.25) is 0 Å². The summed E-state index contributed by atoms with van der Waals surface area (Å²) in [5, 5.41) is 0. The Labute approximate surface area is 89.8 Å². The van der Waals surface area contributed by atoms with Crippen molar-refractivity contribution in [2.75, 3.05) is 13.4 Å². The molecule has 0 spiro atoms. The minimum atomic E-state index is -4.42. The van der Waals surface area contributed by atoms with E-state index in [9.17, 15) is 18.0 Å². The zero-order valence-electron chi connectivity index (χ0n) is 8.16. The Kier molecular flexibility index (Phi) is 4.30. The monoisotopic (exact) mass is 234 g/mol. The average Bonchev–Trinajstić information content (AvgIpc) is 2.24. The second-order valence-electron chi connectivity index (χ2n) is 2.88. The predicted octanol–water partition coefficient (Wildman–Crippen LogP) is 2.38. The lowest BCUT2D eigenvalue weighted by molar-refractivity contribution is -0.190. The normalized spacial score (nSPS) is 11.2. The Morgan fingerprint density at radius 2 is 1.81 bits per heavy atom. The van der Waals surface area contributed by atoms with Gasteiger partial charge in [-0.25, -0.2) is 4.79 Å². The standard InChI is InChI=1S/C10H9F3O3/c11-10(12,13)6-15-7-16-9(14)8-4-2-1-3-5-8/h1-5H,6-7H2. The van der Waals surface area contributed by atoms with E-state index in [-0.39, 0.29) is 5.56 Å². The van der Waals surface area contributed by atoms with Crippen LogP contribution in [0.5, 0.6) is 0 Å². The van der Waals surface area contributed by atoms with E-state index in [4.69, 9.17) is 0 Å². The van der Waals surface area contributed by atoms with Crippen LogP contribution < -0.4 is 0 Å². The molecule has 0 fully saturated rings. The van der Waals surface area contributed by atoms with Gasteiger partial charge in [-0.1, -0.05) is 18.2 Å². The highest BCUT2D eigenvalue weighted by Crippen LogP contribution is 2.14. The Balaban J connectivity index is 2.27. The van der Waals surface area contributed by atoms with Crippen LogP contribution >= 0.6 is 0 Å². The fourth-order valence-corrected chi connectivity index (χ4v) is 0.910. The van der Waals surface area contributed by atoms with Gasteiger partial charge in [-0.3, -0.25) is 0 Å². The van der Waals surface area contributed by atoms with Crippen LogP contribution in [0.1, 0.15) is 10.4 Å². The summed E-state index contributed by atoms with van der Waals surface area (Å²) >= 11 is 0. The van der Waals surface area contributed by atoms with Crippen molar-refractivity contribution >= 4 is 5.97 Å². The first-order chi connectivity index (χ1) is 7.49. The van der Waals surface area contributed by atoms with E-state index in [0.29, 0.717) is 0 Å². The van der Waals surface area contributed by atoms with E-state index < -0.39 is 25.5 Å². The van der Waals surface area contributed by atoms with Crippen molar-refractivity contribution in [1.82, 2.24) is 0 Å². The van der Waals surface area contributed by atoms with Crippen LogP contribution in [0.15, 0.2) is 30.3 Å². The van der Waals surface area contributed by atoms with Gasteiger partial charge >= 0.3 is 12.1 Å². The highest BCUT2D eigenvalue weighted by atomic mass is 19.4. The van der Waals surface area contributed by atoms with Gasteiger partial charge in [0.15, 0.2) is 6.79 Å². The SMILES string of the molecule is O=C(OCOCC(F)(F)F)c1ccccc1. The van der Waals surface area contributed by atoms with Gasteiger partial charge in [0.2, 0.25) is 0 Å². The van der Waals surface area contributed by atoms with Crippen LogP contribution in [0.25, 0.3) is 0 Å². The summed E-state index contributed by atoms with van der Waals surface area (Å²) in [5.41, 5.74) is 0.262. The van der Waals surface area contributed by atoms with E-state index in [0.717, 1.165) is 0 Å². The fourth-order valence-electron chi connectivity index (χ4n) is 0.910. The first-order valence-electron chi connectivity index (χ1n) is 4.36. The number of hydrogen-bond donors (Lipinski definition) is 0. The third-order valence-corrected chi connectivity index (χ3v) is 1.55. The highest BCUT2D eigenvalue weighted by molar-refractivity contribution is 5.89.